The third-order valence-electron chi connectivity index (χ3n) is 2.56. The van der Waals surface area contributed by atoms with Crippen LogP contribution in [0.1, 0.15) is 22.5 Å². The fourth-order valence-electron chi connectivity index (χ4n) is 1.78. The van der Waals surface area contributed by atoms with Crippen LogP contribution >= 0.6 is 28.3 Å². The number of imidazole rings is 1. The van der Waals surface area contributed by atoms with E-state index in [0.29, 0.717) is 0 Å². The first kappa shape index (κ1) is 13.3. The molecule has 2 nitrogen and oxygen atoms in total. The van der Waals surface area contributed by atoms with Gasteiger partial charge in [-0.05, 0) is 42.7 Å². The van der Waals surface area contributed by atoms with E-state index in [0.717, 1.165) is 16.7 Å². The van der Waals surface area contributed by atoms with Crippen molar-refractivity contribution in [1.29, 1.82) is 0 Å². The standard InChI is InChI=1S/C12H13BrN2.ClH/c1-8-5-10(13)6-9(2)11(8)7-12-14-3-4-15-12;/h3-6H,7H2,1-2H3,(H,14,15);1H. The zero-order valence-electron chi connectivity index (χ0n) is 9.25. The Hall–Kier alpha value is -0.800. The second kappa shape index (κ2) is 5.51. The van der Waals surface area contributed by atoms with Crippen LogP contribution in [0.25, 0.3) is 0 Å². The summed E-state index contributed by atoms with van der Waals surface area (Å²) in [5.41, 5.74) is 3.96. The van der Waals surface area contributed by atoms with Crippen molar-refractivity contribution < 1.29 is 0 Å². The zero-order valence-corrected chi connectivity index (χ0v) is 11.7. The summed E-state index contributed by atoms with van der Waals surface area (Å²) >= 11 is 3.50. The van der Waals surface area contributed by atoms with Crippen molar-refractivity contribution in [3.8, 4) is 0 Å². The van der Waals surface area contributed by atoms with E-state index in [1.807, 2.05) is 6.20 Å². The smallest absolute Gasteiger partial charge is 0.110 e. The summed E-state index contributed by atoms with van der Waals surface area (Å²) in [5, 5.41) is 0. The van der Waals surface area contributed by atoms with Gasteiger partial charge in [0.2, 0.25) is 0 Å². The third kappa shape index (κ3) is 2.86. The van der Waals surface area contributed by atoms with E-state index in [9.17, 15) is 0 Å². The molecule has 1 aromatic carbocycles. The van der Waals surface area contributed by atoms with Crippen LogP contribution in [-0.2, 0) is 6.42 Å². The maximum absolute atomic E-state index is 4.25. The Morgan fingerprint density at radius 1 is 1.25 bits per heavy atom. The highest BCUT2D eigenvalue weighted by Crippen LogP contribution is 2.22. The van der Waals surface area contributed by atoms with Crippen LogP contribution in [0.4, 0.5) is 0 Å². The van der Waals surface area contributed by atoms with Gasteiger partial charge < -0.3 is 4.98 Å². The molecule has 0 radical (unpaired) electrons. The minimum absolute atomic E-state index is 0. The number of benzene rings is 1. The minimum Gasteiger partial charge on any atom is -0.348 e. The molecule has 1 aromatic heterocycles. The third-order valence-corrected chi connectivity index (χ3v) is 3.02. The topological polar surface area (TPSA) is 28.7 Å². The molecule has 0 saturated carbocycles. The van der Waals surface area contributed by atoms with Gasteiger partial charge in [-0.15, -0.1) is 12.4 Å². The number of aromatic amines is 1. The highest BCUT2D eigenvalue weighted by molar-refractivity contribution is 9.10. The lowest BCUT2D eigenvalue weighted by Crippen LogP contribution is -1.97. The Morgan fingerprint density at radius 2 is 1.88 bits per heavy atom. The first-order chi connectivity index (χ1) is 7.16. The molecule has 2 aromatic rings. The molecule has 0 atom stereocenters. The summed E-state index contributed by atoms with van der Waals surface area (Å²) < 4.78 is 1.14. The number of nitrogens with zero attached hydrogens (tertiary/aromatic N) is 1. The van der Waals surface area contributed by atoms with E-state index in [-0.39, 0.29) is 12.4 Å². The maximum atomic E-state index is 4.25. The number of hydrogen-bond acceptors (Lipinski definition) is 1. The Morgan fingerprint density at radius 3 is 2.38 bits per heavy atom. The summed E-state index contributed by atoms with van der Waals surface area (Å²) in [6.45, 7) is 4.27. The van der Waals surface area contributed by atoms with Crippen LogP contribution < -0.4 is 0 Å². The van der Waals surface area contributed by atoms with E-state index >= 15 is 0 Å². The molecule has 0 saturated heterocycles. The van der Waals surface area contributed by atoms with Crippen molar-refractivity contribution in [2.45, 2.75) is 20.3 Å². The second-order valence-corrected chi connectivity index (χ2v) is 4.65. The predicted octanol–water partition coefficient (Wildman–Crippen LogP) is 3.80. The number of rotatable bonds is 2. The van der Waals surface area contributed by atoms with E-state index in [1.165, 1.54) is 16.7 Å². The molecule has 0 spiro atoms. The van der Waals surface area contributed by atoms with Crippen molar-refractivity contribution in [2.75, 3.05) is 0 Å². The number of halogens is 2. The van der Waals surface area contributed by atoms with Crippen molar-refractivity contribution in [1.82, 2.24) is 9.97 Å². The Labute approximate surface area is 110 Å². The Bertz CT molecular complexity index is 443. The van der Waals surface area contributed by atoms with E-state index in [4.69, 9.17) is 0 Å². The van der Waals surface area contributed by atoms with Gasteiger partial charge >= 0.3 is 0 Å². The molecule has 0 aliphatic rings. The van der Waals surface area contributed by atoms with Gasteiger partial charge in [-0.2, -0.15) is 0 Å². The molecule has 0 unspecified atom stereocenters. The summed E-state index contributed by atoms with van der Waals surface area (Å²) in [7, 11) is 0. The first-order valence-corrected chi connectivity index (χ1v) is 5.70. The van der Waals surface area contributed by atoms with Gasteiger partial charge in [0.15, 0.2) is 0 Å². The molecule has 0 aliphatic carbocycles. The van der Waals surface area contributed by atoms with Crippen LogP contribution in [0.5, 0.6) is 0 Å². The molecule has 16 heavy (non-hydrogen) atoms. The normalized spacial score (nSPS) is 9.94. The van der Waals surface area contributed by atoms with Crippen LogP contribution in [0.3, 0.4) is 0 Å². The molecule has 1 heterocycles. The average molecular weight is 302 g/mol. The fraction of sp³-hybridized carbons (Fsp3) is 0.250. The van der Waals surface area contributed by atoms with Crippen molar-refractivity contribution in [3.63, 3.8) is 0 Å². The Kier molecular flexibility index (Phi) is 4.56. The van der Waals surface area contributed by atoms with E-state index in [2.05, 4.69) is 51.9 Å². The van der Waals surface area contributed by atoms with Gasteiger partial charge in [0.25, 0.3) is 0 Å². The minimum atomic E-state index is 0. The molecule has 86 valence electrons. The quantitative estimate of drug-likeness (QED) is 0.898. The van der Waals surface area contributed by atoms with Crippen LogP contribution in [0.2, 0.25) is 0 Å². The highest BCUT2D eigenvalue weighted by atomic mass is 79.9. The molecule has 0 fully saturated rings. The summed E-state index contributed by atoms with van der Waals surface area (Å²) in [6.07, 6.45) is 4.52. The fourth-order valence-corrected chi connectivity index (χ4v) is 2.47. The van der Waals surface area contributed by atoms with Gasteiger partial charge in [0.1, 0.15) is 5.82 Å². The molecule has 4 heteroatoms. The Balaban J connectivity index is 0.00000128. The largest absolute Gasteiger partial charge is 0.348 e. The van der Waals surface area contributed by atoms with E-state index in [1.54, 1.807) is 6.20 Å². The van der Waals surface area contributed by atoms with Gasteiger partial charge in [0.05, 0.1) is 0 Å². The molecule has 0 aliphatic heterocycles. The van der Waals surface area contributed by atoms with Crippen LogP contribution in [-0.4, -0.2) is 9.97 Å². The lowest BCUT2D eigenvalue weighted by atomic mass is 10.00. The average Bonchev–Trinajstić information content (AvgIpc) is 2.63. The predicted molar refractivity (Wildman–Crippen MR) is 72.3 cm³/mol. The summed E-state index contributed by atoms with van der Waals surface area (Å²) in [5.74, 6) is 1.02. The maximum Gasteiger partial charge on any atom is 0.110 e. The lowest BCUT2D eigenvalue weighted by Gasteiger charge is -2.09. The van der Waals surface area contributed by atoms with Crippen molar-refractivity contribution in [2.24, 2.45) is 0 Å². The monoisotopic (exact) mass is 300 g/mol. The van der Waals surface area contributed by atoms with Crippen molar-refractivity contribution >= 4 is 28.3 Å². The van der Waals surface area contributed by atoms with Gasteiger partial charge in [-0.25, -0.2) is 4.98 Å². The number of hydrogen-bond donors (Lipinski definition) is 1. The van der Waals surface area contributed by atoms with Crippen LogP contribution in [0.15, 0.2) is 29.0 Å². The van der Waals surface area contributed by atoms with Gasteiger partial charge in [0, 0.05) is 23.3 Å². The summed E-state index contributed by atoms with van der Waals surface area (Å²) in [4.78, 5) is 7.38. The molecule has 2 rings (SSSR count). The van der Waals surface area contributed by atoms with Gasteiger partial charge in [-0.3, -0.25) is 0 Å². The molecular formula is C12H14BrClN2. The molecular weight excluding hydrogens is 288 g/mol. The van der Waals surface area contributed by atoms with E-state index < -0.39 is 0 Å². The highest BCUT2D eigenvalue weighted by Gasteiger charge is 2.06. The van der Waals surface area contributed by atoms with Crippen molar-refractivity contribution in [3.05, 3.63) is 51.5 Å². The first-order valence-electron chi connectivity index (χ1n) is 4.90. The number of nitrogens with one attached hydrogen (secondary N) is 1. The number of aryl methyl sites for hydroxylation is 2. The second-order valence-electron chi connectivity index (χ2n) is 3.73. The SMILES string of the molecule is Cc1cc(Br)cc(C)c1Cc1ncc[nH]1.Cl. The van der Waals surface area contributed by atoms with Crippen LogP contribution in [0, 0.1) is 13.8 Å². The number of aromatic nitrogens is 2. The molecule has 0 bridgehead atoms. The molecule has 0 amide bonds. The zero-order chi connectivity index (χ0) is 10.8. The van der Waals surface area contributed by atoms with Gasteiger partial charge in [-0.1, -0.05) is 15.9 Å². The lowest BCUT2D eigenvalue weighted by molar-refractivity contribution is 1.000. The molecule has 1 N–H and O–H groups in total. The number of H-pyrrole nitrogens is 1. The summed E-state index contributed by atoms with van der Waals surface area (Å²) in [6, 6.07) is 4.29.